The molecule has 112 valence electrons. The lowest BCUT2D eigenvalue weighted by Gasteiger charge is -2.11. The van der Waals surface area contributed by atoms with Crippen molar-refractivity contribution in [1.29, 1.82) is 0 Å². The lowest BCUT2D eigenvalue weighted by Crippen LogP contribution is -2.09. The van der Waals surface area contributed by atoms with E-state index < -0.39 is 0 Å². The molecule has 5 heteroatoms. The van der Waals surface area contributed by atoms with E-state index in [1.165, 1.54) is 11.9 Å². The summed E-state index contributed by atoms with van der Waals surface area (Å²) >= 11 is 0. The molecule has 0 aliphatic rings. The maximum absolute atomic E-state index is 5.46. The summed E-state index contributed by atoms with van der Waals surface area (Å²) in [6.07, 6.45) is 2.41. The fraction of sp³-hybridized carbons (Fsp3) is 0.375. The molecule has 1 N–H and O–H groups in total. The minimum absolute atomic E-state index is 0.598. The molecular formula is C16H21N3O2. The normalized spacial score (nSPS) is 10.2. The van der Waals surface area contributed by atoms with Gasteiger partial charge in [0.15, 0.2) is 0 Å². The second kappa shape index (κ2) is 7.47. The molecule has 21 heavy (non-hydrogen) atoms. The molecule has 0 spiro atoms. The third kappa shape index (κ3) is 4.08. The molecule has 0 saturated carbocycles. The zero-order valence-corrected chi connectivity index (χ0v) is 12.7. The molecule has 0 fully saturated rings. The van der Waals surface area contributed by atoms with Gasteiger partial charge in [0.1, 0.15) is 17.9 Å². The SMILES string of the molecule is CCOc1ncnc(NCCc2cccc(OC)c2)c1C. The Labute approximate surface area is 125 Å². The minimum atomic E-state index is 0.598. The van der Waals surface area contributed by atoms with Crippen molar-refractivity contribution in [2.24, 2.45) is 0 Å². The first-order valence-corrected chi connectivity index (χ1v) is 7.05. The molecule has 1 heterocycles. The number of methoxy groups -OCH3 is 1. The van der Waals surface area contributed by atoms with E-state index in [-0.39, 0.29) is 0 Å². The predicted molar refractivity (Wildman–Crippen MR) is 83.1 cm³/mol. The summed E-state index contributed by atoms with van der Waals surface area (Å²) in [6, 6.07) is 8.07. The number of hydrogen-bond acceptors (Lipinski definition) is 5. The summed E-state index contributed by atoms with van der Waals surface area (Å²) in [5.41, 5.74) is 2.16. The zero-order valence-electron chi connectivity index (χ0n) is 12.7. The molecule has 0 atom stereocenters. The quantitative estimate of drug-likeness (QED) is 0.848. The Morgan fingerprint density at radius 3 is 2.86 bits per heavy atom. The molecule has 5 nitrogen and oxygen atoms in total. The molecule has 1 aromatic carbocycles. The third-order valence-electron chi connectivity index (χ3n) is 3.16. The Morgan fingerprint density at radius 1 is 1.24 bits per heavy atom. The molecule has 0 amide bonds. The van der Waals surface area contributed by atoms with Gasteiger partial charge < -0.3 is 14.8 Å². The summed E-state index contributed by atoms with van der Waals surface area (Å²) in [4.78, 5) is 8.39. The number of ether oxygens (including phenoxy) is 2. The van der Waals surface area contributed by atoms with E-state index in [1.807, 2.05) is 32.0 Å². The number of nitrogens with zero attached hydrogens (tertiary/aromatic N) is 2. The van der Waals surface area contributed by atoms with Gasteiger partial charge in [-0.15, -0.1) is 0 Å². The van der Waals surface area contributed by atoms with Gasteiger partial charge in [-0.3, -0.25) is 0 Å². The number of rotatable bonds is 7. The van der Waals surface area contributed by atoms with E-state index in [2.05, 4.69) is 21.4 Å². The maximum Gasteiger partial charge on any atom is 0.221 e. The Kier molecular flexibility index (Phi) is 5.37. The second-order valence-corrected chi connectivity index (χ2v) is 4.61. The smallest absolute Gasteiger partial charge is 0.221 e. The van der Waals surface area contributed by atoms with Crippen molar-refractivity contribution < 1.29 is 9.47 Å². The van der Waals surface area contributed by atoms with Gasteiger partial charge in [0, 0.05) is 6.54 Å². The first-order valence-electron chi connectivity index (χ1n) is 7.05. The molecule has 0 radical (unpaired) electrons. The van der Waals surface area contributed by atoms with Gasteiger partial charge in [0.2, 0.25) is 5.88 Å². The third-order valence-corrected chi connectivity index (χ3v) is 3.16. The van der Waals surface area contributed by atoms with E-state index in [4.69, 9.17) is 9.47 Å². The summed E-state index contributed by atoms with van der Waals surface area (Å²) < 4.78 is 10.7. The Hall–Kier alpha value is -2.30. The molecule has 0 aliphatic heterocycles. The Balaban J connectivity index is 1.95. The zero-order chi connectivity index (χ0) is 15.1. The summed E-state index contributed by atoms with van der Waals surface area (Å²) in [5.74, 6) is 2.33. The van der Waals surface area contributed by atoms with Crippen LogP contribution < -0.4 is 14.8 Å². The molecule has 0 aliphatic carbocycles. The van der Waals surface area contributed by atoms with Gasteiger partial charge in [-0.05, 0) is 38.0 Å². The van der Waals surface area contributed by atoms with Crippen molar-refractivity contribution >= 4 is 5.82 Å². The molecule has 1 aromatic heterocycles. The Bertz CT molecular complexity index is 587. The van der Waals surface area contributed by atoms with Crippen LogP contribution in [0.3, 0.4) is 0 Å². The van der Waals surface area contributed by atoms with E-state index in [0.29, 0.717) is 12.5 Å². The highest BCUT2D eigenvalue weighted by Crippen LogP contribution is 2.20. The van der Waals surface area contributed by atoms with Crippen LogP contribution >= 0.6 is 0 Å². The van der Waals surface area contributed by atoms with Crippen LogP contribution in [0.5, 0.6) is 11.6 Å². The standard InChI is InChI=1S/C16H21N3O2/c1-4-21-16-12(2)15(18-11-19-16)17-9-8-13-6-5-7-14(10-13)20-3/h5-7,10-11H,4,8-9H2,1-3H3,(H,17,18,19). The largest absolute Gasteiger partial charge is 0.497 e. The van der Waals surface area contributed by atoms with Crippen LogP contribution in [0.4, 0.5) is 5.82 Å². The van der Waals surface area contributed by atoms with Crippen molar-refractivity contribution in [2.45, 2.75) is 20.3 Å². The van der Waals surface area contributed by atoms with Crippen LogP contribution in [0.2, 0.25) is 0 Å². The van der Waals surface area contributed by atoms with Crippen molar-refractivity contribution in [3.05, 3.63) is 41.7 Å². The van der Waals surface area contributed by atoms with Crippen LogP contribution in [0.15, 0.2) is 30.6 Å². The number of benzene rings is 1. The average molecular weight is 287 g/mol. The van der Waals surface area contributed by atoms with Crippen LogP contribution in [-0.4, -0.2) is 30.2 Å². The van der Waals surface area contributed by atoms with E-state index in [9.17, 15) is 0 Å². The predicted octanol–water partition coefficient (Wildman–Crippen LogP) is 2.85. The van der Waals surface area contributed by atoms with Crippen LogP contribution in [0.1, 0.15) is 18.1 Å². The fourth-order valence-electron chi connectivity index (χ4n) is 2.05. The van der Waals surface area contributed by atoms with Gasteiger partial charge >= 0.3 is 0 Å². The van der Waals surface area contributed by atoms with Gasteiger partial charge in [-0.2, -0.15) is 0 Å². The van der Waals surface area contributed by atoms with Crippen LogP contribution in [0.25, 0.3) is 0 Å². The van der Waals surface area contributed by atoms with Gasteiger partial charge in [-0.1, -0.05) is 12.1 Å². The van der Waals surface area contributed by atoms with Crippen LogP contribution in [-0.2, 0) is 6.42 Å². The van der Waals surface area contributed by atoms with Gasteiger partial charge in [0.25, 0.3) is 0 Å². The fourth-order valence-corrected chi connectivity index (χ4v) is 2.05. The molecule has 2 aromatic rings. The highest BCUT2D eigenvalue weighted by Gasteiger charge is 2.07. The second-order valence-electron chi connectivity index (χ2n) is 4.61. The van der Waals surface area contributed by atoms with Crippen LogP contribution in [0, 0.1) is 6.92 Å². The summed E-state index contributed by atoms with van der Waals surface area (Å²) in [6.45, 7) is 5.29. The van der Waals surface area contributed by atoms with E-state index in [0.717, 1.165) is 30.1 Å². The summed E-state index contributed by atoms with van der Waals surface area (Å²) in [5, 5.41) is 3.33. The lowest BCUT2D eigenvalue weighted by molar-refractivity contribution is 0.324. The number of nitrogens with one attached hydrogen (secondary N) is 1. The molecular weight excluding hydrogens is 266 g/mol. The number of aromatic nitrogens is 2. The molecule has 0 unspecified atom stereocenters. The number of anilines is 1. The lowest BCUT2D eigenvalue weighted by atomic mass is 10.1. The highest BCUT2D eigenvalue weighted by atomic mass is 16.5. The van der Waals surface area contributed by atoms with E-state index in [1.54, 1.807) is 7.11 Å². The van der Waals surface area contributed by atoms with Crippen molar-refractivity contribution in [3.8, 4) is 11.6 Å². The average Bonchev–Trinajstić information content (AvgIpc) is 2.51. The van der Waals surface area contributed by atoms with Gasteiger partial charge in [-0.25, -0.2) is 9.97 Å². The maximum atomic E-state index is 5.46. The van der Waals surface area contributed by atoms with Crippen molar-refractivity contribution in [3.63, 3.8) is 0 Å². The van der Waals surface area contributed by atoms with Gasteiger partial charge in [0.05, 0.1) is 19.3 Å². The Morgan fingerprint density at radius 2 is 2.10 bits per heavy atom. The monoisotopic (exact) mass is 287 g/mol. The van der Waals surface area contributed by atoms with Crippen molar-refractivity contribution in [2.75, 3.05) is 25.6 Å². The summed E-state index contributed by atoms with van der Waals surface area (Å²) in [7, 11) is 1.68. The number of hydrogen-bond donors (Lipinski definition) is 1. The first-order chi connectivity index (χ1) is 10.2. The topological polar surface area (TPSA) is 56.3 Å². The minimum Gasteiger partial charge on any atom is -0.497 e. The van der Waals surface area contributed by atoms with E-state index >= 15 is 0 Å². The molecule has 2 rings (SSSR count). The van der Waals surface area contributed by atoms with Crippen molar-refractivity contribution in [1.82, 2.24) is 9.97 Å². The molecule has 0 saturated heterocycles. The highest BCUT2D eigenvalue weighted by molar-refractivity contribution is 5.47. The first kappa shape index (κ1) is 15.1. The molecule has 0 bridgehead atoms.